The van der Waals surface area contributed by atoms with Gasteiger partial charge < -0.3 is 9.90 Å². The number of carboxylic acid groups (broad SMARTS) is 1. The first-order chi connectivity index (χ1) is 6.65. The van der Waals surface area contributed by atoms with E-state index < -0.39 is 17.2 Å². The van der Waals surface area contributed by atoms with Crippen LogP contribution in [-0.2, 0) is 10.2 Å². The van der Waals surface area contributed by atoms with Crippen LogP contribution in [0.25, 0.3) is 0 Å². The van der Waals surface area contributed by atoms with Crippen molar-refractivity contribution in [3.8, 4) is 0 Å². The van der Waals surface area contributed by atoms with Crippen molar-refractivity contribution in [1.82, 2.24) is 0 Å². The number of aliphatic carboxylic acids is 1. The van der Waals surface area contributed by atoms with Crippen LogP contribution in [0.3, 0.4) is 0 Å². The van der Waals surface area contributed by atoms with Crippen molar-refractivity contribution >= 4 is 5.97 Å². The summed E-state index contributed by atoms with van der Waals surface area (Å²) in [6.07, 6.45) is 1.97. The SMILES string of the molecule is O=C([O-])C1(c2cccc(F)c2)CCC1. The van der Waals surface area contributed by atoms with E-state index in [1.807, 2.05) is 0 Å². The molecule has 0 amide bonds. The van der Waals surface area contributed by atoms with Gasteiger partial charge in [-0.15, -0.1) is 0 Å². The highest BCUT2D eigenvalue weighted by molar-refractivity contribution is 5.80. The summed E-state index contributed by atoms with van der Waals surface area (Å²) in [5.74, 6) is -1.48. The summed E-state index contributed by atoms with van der Waals surface area (Å²) < 4.78 is 12.9. The Hall–Kier alpha value is -1.38. The number of rotatable bonds is 2. The molecule has 3 heteroatoms. The van der Waals surface area contributed by atoms with Gasteiger partial charge in [0, 0.05) is 5.41 Å². The fraction of sp³-hybridized carbons (Fsp3) is 0.364. The lowest BCUT2D eigenvalue weighted by Gasteiger charge is -2.43. The maximum Gasteiger partial charge on any atom is 0.123 e. The predicted octanol–water partition coefficient (Wildman–Crippen LogP) is 0.997. The number of hydrogen-bond acceptors (Lipinski definition) is 2. The molecule has 1 saturated carbocycles. The number of carboxylic acids is 1. The van der Waals surface area contributed by atoms with Crippen LogP contribution in [0.2, 0.25) is 0 Å². The van der Waals surface area contributed by atoms with E-state index in [0.29, 0.717) is 18.4 Å². The van der Waals surface area contributed by atoms with E-state index >= 15 is 0 Å². The van der Waals surface area contributed by atoms with Crippen LogP contribution >= 0.6 is 0 Å². The molecule has 1 aliphatic carbocycles. The molecular weight excluding hydrogens is 183 g/mol. The summed E-state index contributed by atoms with van der Waals surface area (Å²) in [7, 11) is 0. The Morgan fingerprint density at radius 1 is 1.43 bits per heavy atom. The highest BCUT2D eigenvalue weighted by Crippen LogP contribution is 2.43. The molecule has 0 atom stereocenters. The highest BCUT2D eigenvalue weighted by atomic mass is 19.1. The molecule has 2 rings (SSSR count). The van der Waals surface area contributed by atoms with Crippen LogP contribution < -0.4 is 5.11 Å². The lowest BCUT2D eigenvalue weighted by atomic mass is 9.64. The van der Waals surface area contributed by atoms with Gasteiger partial charge in [-0.2, -0.15) is 0 Å². The molecule has 0 saturated heterocycles. The quantitative estimate of drug-likeness (QED) is 0.702. The third kappa shape index (κ3) is 1.20. The topological polar surface area (TPSA) is 40.1 Å². The summed E-state index contributed by atoms with van der Waals surface area (Å²) in [6, 6.07) is 5.78. The number of carbonyl (C=O) groups excluding carboxylic acids is 1. The molecule has 0 radical (unpaired) electrons. The van der Waals surface area contributed by atoms with Crippen LogP contribution in [0, 0.1) is 5.82 Å². The summed E-state index contributed by atoms with van der Waals surface area (Å²) >= 11 is 0. The van der Waals surface area contributed by atoms with Crippen LogP contribution in [-0.4, -0.2) is 5.97 Å². The van der Waals surface area contributed by atoms with E-state index in [4.69, 9.17) is 0 Å². The van der Waals surface area contributed by atoms with Crippen molar-refractivity contribution in [2.24, 2.45) is 0 Å². The molecule has 0 aliphatic heterocycles. The van der Waals surface area contributed by atoms with Crippen LogP contribution in [0.1, 0.15) is 24.8 Å². The monoisotopic (exact) mass is 193 g/mol. The second kappa shape index (κ2) is 3.08. The van der Waals surface area contributed by atoms with E-state index in [2.05, 4.69) is 0 Å². The number of benzene rings is 1. The third-order valence-electron chi connectivity index (χ3n) is 2.98. The molecule has 1 aliphatic rings. The Kier molecular flexibility index (Phi) is 2.02. The zero-order valence-corrected chi connectivity index (χ0v) is 7.63. The summed E-state index contributed by atoms with van der Waals surface area (Å²) in [6.45, 7) is 0. The zero-order valence-electron chi connectivity index (χ0n) is 7.63. The molecule has 14 heavy (non-hydrogen) atoms. The van der Waals surface area contributed by atoms with Gasteiger partial charge in [0.2, 0.25) is 0 Å². The third-order valence-corrected chi connectivity index (χ3v) is 2.98. The van der Waals surface area contributed by atoms with Crippen LogP contribution in [0.4, 0.5) is 4.39 Å². The molecule has 74 valence electrons. The van der Waals surface area contributed by atoms with Gasteiger partial charge in [-0.1, -0.05) is 18.6 Å². The molecule has 2 nitrogen and oxygen atoms in total. The van der Waals surface area contributed by atoms with Crippen LogP contribution in [0.5, 0.6) is 0 Å². The van der Waals surface area contributed by atoms with Gasteiger partial charge in [0.05, 0.1) is 5.97 Å². The Bertz CT molecular complexity index is 369. The Morgan fingerprint density at radius 2 is 2.14 bits per heavy atom. The lowest BCUT2D eigenvalue weighted by molar-refractivity contribution is -0.317. The minimum atomic E-state index is -1.09. The smallest absolute Gasteiger partial charge is 0.123 e. The van der Waals surface area contributed by atoms with Crippen molar-refractivity contribution < 1.29 is 14.3 Å². The molecule has 1 aromatic rings. The molecular formula is C11H10FO2-. The minimum Gasteiger partial charge on any atom is -0.549 e. The standard InChI is InChI=1S/C11H11FO2/c12-9-4-1-3-8(7-9)11(10(13)14)5-2-6-11/h1,3-4,7H,2,5-6H2,(H,13,14)/p-1. The van der Waals surface area contributed by atoms with Gasteiger partial charge in [-0.05, 0) is 30.5 Å². The van der Waals surface area contributed by atoms with Gasteiger partial charge in [0.25, 0.3) is 0 Å². The number of halogens is 1. The molecule has 0 spiro atoms. The van der Waals surface area contributed by atoms with Crippen molar-refractivity contribution in [3.05, 3.63) is 35.6 Å². The second-order valence-electron chi connectivity index (χ2n) is 3.73. The molecule has 0 bridgehead atoms. The molecule has 0 N–H and O–H groups in total. The van der Waals surface area contributed by atoms with E-state index in [0.717, 1.165) is 6.42 Å². The summed E-state index contributed by atoms with van der Waals surface area (Å²) in [5, 5.41) is 11.0. The number of hydrogen-bond donors (Lipinski definition) is 0. The van der Waals surface area contributed by atoms with Crippen molar-refractivity contribution in [2.45, 2.75) is 24.7 Å². The Labute approximate surface area is 81.4 Å². The maximum atomic E-state index is 12.9. The highest BCUT2D eigenvalue weighted by Gasteiger charge is 2.40. The average Bonchev–Trinajstić information content (AvgIpc) is 2.00. The summed E-state index contributed by atoms with van der Waals surface area (Å²) in [5.41, 5.74) is -0.397. The van der Waals surface area contributed by atoms with Crippen molar-refractivity contribution in [1.29, 1.82) is 0 Å². The van der Waals surface area contributed by atoms with Gasteiger partial charge in [-0.25, -0.2) is 4.39 Å². The minimum absolute atomic E-state index is 0.393. The average molecular weight is 193 g/mol. The maximum absolute atomic E-state index is 12.9. The largest absolute Gasteiger partial charge is 0.549 e. The number of carbonyl (C=O) groups is 1. The van der Waals surface area contributed by atoms with Gasteiger partial charge in [-0.3, -0.25) is 0 Å². The van der Waals surface area contributed by atoms with Gasteiger partial charge >= 0.3 is 0 Å². The van der Waals surface area contributed by atoms with Crippen LogP contribution in [0.15, 0.2) is 24.3 Å². The van der Waals surface area contributed by atoms with Crippen molar-refractivity contribution in [2.75, 3.05) is 0 Å². The van der Waals surface area contributed by atoms with E-state index in [1.165, 1.54) is 18.2 Å². The fourth-order valence-corrected chi connectivity index (χ4v) is 1.93. The Balaban J connectivity index is 2.42. The first kappa shape index (κ1) is 9.19. The normalized spacial score (nSPS) is 18.6. The van der Waals surface area contributed by atoms with Gasteiger partial charge in [0.15, 0.2) is 0 Å². The first-order valence-electron chi connectivity index (χ1n) is 4.63. The second-order valence-corrected chi connectivity index (χ2v) is 3.73. The molecule has 0 aromatic heterocycles. The Morgan fingerprint density at radius 3 is 2.57 bits per heavy atom. The fourth-order valence-electron chi connectivity index (χ4n) is 1.93. The molecule has 0 heterocycles. The molecule has 1 fully saturated rings. The first-order valence-corrected chi connectivity index (χ1v) is 4.63. The van der Waals surface area contributed by atoms with E-state index in [1.54, 1.807) is 6.07 Å². The summed E-state index contributed by atoms with van der Waals surface area (Å²) in [4.78, 5) is 11.0. The molecule has 0 unspecified atom stereocenters. The van der Waals surface area contributed by atoms with E-state index in [-0.39, 0.29) is 0 Å². The lowest BCUT2D eigenvalue weighted by Crippen LogP contribution is -2.50. The molecule has 1 aromatic carbocycles. The zero-order chi connectivity index (χ0) is 10.2. The predicted molar refractivity (Wildman–Crippen MR) is 46.9 cm³/mol. The van der Waals surface area contributed by atoms with Gasteiger partial charge in [0.1, 0.15) is 5.82 Å². The van der Waals surface area contributed by atoms with E-state index in [9.17, 15) is 14.3 Å². The van der Waals surface area contributed by atoms with Crippen molar-refractivity contribution in [3.63, 3.8) is 0 Å².